The zero-order valence-corrected chi connectivity index (χ0v) is 38.9. The SMILES string of the molecule is CCCCCCC(=O)O.CCCCCCCCCCCCCCCCCCO.CCCCCCCCCCCCCCCCCCOC(=O)CCCCCCC. The van der Waals surface area contributed by atoms with Gasteiger partial charge in [-0.2, -0.15) is 0 Å². The molecule has 0 unspecified atom stereocenters. The Hall–Kier alpha value is -1.10. The number of carboxylic acid groups (broad SMARTS) is 1. The standard InChI is InChI=1S/C26H52O2.C18H38O.C7H14O2/c1-3-5-7-9-10-11-12-13-14-15-16-17-18-19-21-23-25-28-26(27)24-22-20-8-6-4-2;1-2-3-4-5-6-7-8-9-10-11-12-13-14-15-16-17-18-19;1-2-3-4-5-6-7(8)9/h3-25H2,1-2H3;19H,2-18H2,1H3;2-6H2,1H3,(H,8,9). The first-order chi connectivity index (χ1) is 27.5. The van der Waals surface area contributed by atoms with Gasteiger partial charge in [0.15, 0.2) is 0 Å². The third kappa shape index (κ3) is 64.8. The minimum Gasteiger partial charge on any atom is -0.481 e. The van der Waals surface area contributed by atoms with Crippen LogP contribution in [0.5, 0.6) is 0 Å². The molecule has 0 atom stereocenters. The number of esters is 1. The van der Waals surface area contributed by atoms with Gasteiger partial charge in [0, 0.05) is 19.4 Å². The second-order valence-electron chi connectivity index (χ2n) is 16.9. The molecule has 0 heterocycles. The molecule has 0 radical (unpaired) electrons. The van der Waals surface area contributed by atoms with Crippen molar-refractivity contribution in [2.24, 2.45) is 0 Å². The van der Waals surface area contributed by atoms with Crippen molar-refractivity contribution in [3.8, 4) is 0 Å². The molecule has 0 aliphatic heterocycles. The van der Waals surface area contributed by atoms with Crippen LogP contribution in [-0.4, -0.2) is 35.4 Å². The van der Waals surface area contributed by atoms with Gasteiger partial charge in [0.05, 0.1) is 6.61 Å². The van der Waals surface area contributed by atoms with Crippen molar-refractivity contribution in [1.82, 2.24) is 0 Å². The van der Waals surface area contributed by atoms with Gasteiger partial charge < -0.3 is 14.9 Å². The first-order valence-corrected chi connectivity index (χ1v) is 25.5. The highest BCUT2D eigenvalue weighted by molar-refractivity contribution is 5.69. The summed E-state index contributed by atoms with van der Waals surface area (Å²) >= 11 is 0. The topological polar surface area (TPSA) is 83.8 Å². The number of carbonyl (C=O) groups is 2. The highest BCUT2D eigenvalue weighted by Gasteiger charge is 2.02. The molecule has 56 heavy (non-hydrogen) atoms. The molecular formula is C51H104O5. The number of hydrogen-bond acceptors (Lipinski definition) is 4. The molecule has 0 fully saturated rings. The van der Waals surface area contributed by atoms with Gasteiger partial charge in [-0.3, -0.25) is 9.59 Å². The monoisotopic (exact) mass is 797 g/mol. The largest absolute Gasteiger partial charge is 0.481 e. The molecule has 0 amide bonds. The van der Waals surface area contributed by atoms with Crippen LogP contribution in [0.15, 0.2) is 0 Å². The molecule has 0 saturated carbocycles. The van der Waals surface area contributed by atoms with E-state index in [9.17, 15) is 9.59 Å². The molecule has 2 N–H and O–H groups in total. The van der Waals surface area contributed by atoms with Crippen LogP contribution in [-0.2, 0) is 14.3 Å². The maximum Gasteiger partial charge on any atom is 0.305 e. The fourth-order valence-corrected chi connectivity index (χ4v) is 7.14. The molecule has 0 aliphatic carbocycles. The van der Waals surface area contributed by atoms with E-state index in [0.29, 0.717) is 26.1 Å². The Balaban J connectivity index is -0.000000859. The second kappa shape index (κ2) is 58.2. The molecular weight excluding hydrogens is 693 g/mol. The van der Waals surface area contributed by atoms with E-state index in [1.807, 2.05) is 0 Å². The summed E-state index contributed by atoms with van der Waals surface area (Å²) in [6.45, 7) is 9.90. The van der Waals surface area contributed by atoms with Crippen LogP contribution in [0.4, 0.5) is 0 Å². The summed E-state index contributed by atoms with van der Waals surface area (Å²) in [5.41, 5.74) is 0. The minimum absolute atomic E-state index is 0.0115. The lowest BCUT2D eigenvalue weighted by atomic mass is 10.0. The van der Waals surface area contributed by atoms with E-state index < -0.39 is 5.97 Å². The number of aliphatic hydroxyl groups excluding tert-OH is 1. The molecule has 0 rings (SSSR count). The summed E-state index contributed by atoms with van der Waals surface area (Å²) in [5.74, 6) is -0.663. The summed E-state index contributed by atoms with van der Waals surface area (Å²) in [6.07, 6.45) is 55.3. The third-order valence-corrected chi connectivity index (χ3v) is 11.0. The fourth-order valence-electron chi connectivity index (χ4n) is 7.14. The summed E-state index contributed by atoms with van der Waals surface area (Å²) in [5, 5.41) is 16.9. The zero-order valence-electron chi connectivity index (χ0n) is 38.9. The van der Waals surface area contributed by atoms with Crippen LogP contribution in [0, 0.1) is 0 Å². The van der Waals surface area contributed by atoms with Gasteiger partial charge in [-0.05, 0) is 25.7 Å². The van der Waals surface area contributed by atoms with Gasteiger partial charge in [-0.25, -0.2) is 0 Å². The lowest BCUT2D eigenvalue weighted by molar-refractivity contribution is -0.144. The van der Waals surface area contributed by atoms with E-state index in [1.54, 1.807) is 0 Å². The van der Waals surface area contributed by atoms with Crippen LogP contribution >= 0.6 is 0 Å². The molecule has 0 aromatic heterocycles. The number of ether oxygens (including phenoxy) is 1. The summed E-state index contributed by atoms with van der Waals surface area (Å²) in [4.78, 5) is 21.6. The average Bonchev–Trinajstić information content (AvgIpc) is 3.19. The van der Waals surface area contributed by atoms with Crippen molar-refractivity contribution in [1.29, 1.82) is 0 Å². The Bertz CT molecular complexity index is 680. The Labute approximate surface area is 352 Å². The van der Waals surface area contributed by atoms with E-state index in [1.165, 1.54) is 225 Å². The van der Waals surface area contributed by atoms with Gasteiger partial charge in [0.2, 0.25) is 0 Å². The van der Waals surface area contributed by atoms with Crippen molar-refractivity contribution in [2.75, 3.05) is 13.2 Å². The Kier molecular flexibility index (Phi) is 61.6. The van der Waals surface area contributed by atoms with E-state index >= 15 is 0 Å². The maximum atomic E-state index is 11.6. The number of carbonyl (C=O) groups excluding carboxylic acids is 1. The number of aliphatic hydroxyl groups is 1. The van der Waals surface area contributed by atoms with Crippen molar-refractivity contribution < 1.29 is 24.5 Å². The van der Waals surface area contributed by atoms with Gasteiger partial charge in [0.1, 0.15) is 0 Å². The van der Waals surface area contributed by atoms with Crippen LogP contribution < -0.4 is 0 Å². The Morgan fingerprint density at radius 1 is 0.321 bits per heavy atom. The smallest absolute Gasteiger partial charge is 0.305 e. The molecule has 0 saturated heterocycles. The number of hydrogen-bond donors (Lipinski definition) is 2. The minimum atomic E-state index is -0.675. The van der Waals surface area contributed by atoms with E-state index in [0.717, 1.165) is 38.5 Å². The summed E-state index contributed by atoms with van der Waals surface area (Å²) < 4.78 is 5.33. The lowest BCUT2D eigenvalue weighted by Gasteiger charge is -2.05. The van der Waals surface area contributed by atoms with Gasteiger partial charge in [-0.1, -0.05) is 265 Å². The van der Waals surface area contributed by atoms with Gasteiger partial charge >= 0.3 is 11.9 Å². The molecule has 5 nitrogen and oxygen atoms in total. The predicted octanol–water partition coefficient (Wildman–Crippen LogP) is 17.4. The molecule has 0 aromatic rings. The fraction of sp³-hybridized carbons (Fsp3) is 0.961. The molecule has 0 bridgehead atoms. The van der Waals surface area contributed by atoms with Crippen LogP contribution in [0.3, 0.4) is 0 Å². The first kappa shape index (κ1) is 59.2. The number of unbranched alkanes of at least 4 members (excludes halogenated alkanes) is 37. The molecule has 0 aliphatic rings. The second-order valence-corrected chi connectivity index (χ2v) is 16.9. The van der Waals surface area contributed by atoms with Gasteiger partial charge in [-0.15, -0.1) is 0 Å². The number of carboxylic acids is 1. The summed E-state index contributed by atoms with van der Waals surface area (Å²) in [6, 6.07) is 0. The number of aliphatic carboxylic acids is 1. The normalized spacial score (nSPS) is 10.8. The van der Waals surface area contributed by atoms with E-state index in [-0.39, 0.29) is 5.97 Å². The molecule has 0 aromatic carbocycles. The van der Waals surface area contributed by atoms with Crippen LogP contribution in [0.2, 0.25) is 0 Å². The number of rotatable bonds is 44. The van der Waals surface area contributed by atoms with Crippen molar-refractivity contribution in [3.05, 3.63) is 0 Å². The average molecular weight is 797 g/mol. The lowest BCUT2D eigenvalue weighted by Crippen LogP contribution is -2.05. The maximum absolute atomic E-state index is 11.6. The van der Waals surface area contributed by atoms with Gasteiger partial charge in [0.25, 0.3) is 0 Å². The molecule has 5 heteroatoms. The predicted molar refractivity (Wildman–Crippen MR) is 247 cm³/mol. The Morgan fingerprint density at radius 3 is 0.839 bits per heavy atom. The van der Waals surface area contributed by atoms with E-state index in [2.05, 4.69) is 27.7 Å². The highest BCUT2D eigenvalue weighted by Crippen LogP contribution is 2.15. The molecule has 338 valence electrons. The van der Waals surface area contributed by atoms with Crippen molar-refractivity contribution in [3.63, 3.8) is 0 Å². The molecule has 0 spiro atoms. The summed E-state index contributed by atoms with van der Waals surface area (Å²) in [7, 11) is 0. The van der Waals surface area contributed by atoms with Crippen LogP contribution in [0.1, 0.15) is 304 Å². The van der Waals surface area contributed by atoms with Crippen molar-refractivity contribution in [2.45, 2.75) is 304 Å². The van der Waals surface area contributed by atoms with Crippen LogP contribution in [0.25, 0.3) is 0 Å². The quantitative estimate of drug-likeness (QED) is 0.0474. The Morgan fingerprint density at radius 2 is 0.554 bits per heavy atom. The van der Waals surface area contributed by atoms with Crippen molar-refractivity contribution >= 4 is 11.9 Å². The zero-order chi connectivity index (χ0) is 41.7. The first-order valence-electron chi connectivity index (χ1n) is 25.5. The highest BCUT2D eigenvalue weighted by atomic mass is 16.5. The third-order valence-electron chi connectivity index (χ3n) is 11.0. The van der Waals surface area contributed by atoms with E-state index in [4.69, 9.17) is 14.9 Å².